The molecule has 0 radical (unpaired) electrons. The van der Waals surface area contributed by atoms with Gasteiger partial charge in [0.1, 0.15) is 11.4 Å². The molecular weight excluding hydrogens is 492 g/mol. The van der Waals surface area contributed by atoms with Crippen molar-refractivity contribution in [2.24, 2.45) is 4.02 Å². The standard InChI is InChI=1S/C27H33BrN4O2/c1-27(2,3)20-13-19(14-22(25(20)34-4)31-11-5-6-12-31)23(33)16-32-15-18-9-10-21(17-7-8-17)29-24(18)26(32)30-28/h9-10,13-14,17H,5-8,11-12,15-16H2,1-4H3/b30-26-. The van der Waals surface area contributed by atoms with Crippen LogP contribution in [0.3, 0.4) is 0 Å². The van der Waals surface area contributed by atoms with Crippen LogP contribution in [0.5, 0.6) is 5.75 Å². The van der Waals surface area contributed by atoms with Gasteiger partial charge in [0.15, 0.2) is 11.6 Å². The highest BCUT2D eigenvalue weighted by atomic mass is 79.9. The van der Waals surface area contributed by atoms with Crippen LogP contribution in [0.2, 0.25) is 0 Å². The van der Waals surface area contributed by atoms with Crippen LogP contribution < -0.4 is 9.64 Å². The number of hydrogen-bond acceptors (Lipinski definition) is 5. The molecule has 6 nitrogen and oxygen atoms in total. The van der Waals surface area contributed by atoms with Gasteiger partial charge in [-0.05, 0) is 49.3 Å². The maximum Gasteiger partial charge on any atom is 0.182 e. The topological polar surface area (TPSA) is 58.0 Å². The number of ketones is 1. The van der Waals surface area contributed by atoms with E-state index in [0.29, 0.717) is 12.5 Å². The summed E-state index contributed by atoms with van der Waals surface area (Å²) in [5, 5.41) is 0. The number of nitrogens with zero attached hydrogens (tertiary/aromatic N) is 4. The second-order valence-electron chi connectivity index (χ2n) is 10.7. The number of rotatable bonds is 6. The van der Waals surface area contributed by atoms with Crippen molar-refractivity contribution >= 4 is 33.5 Å². The number of anilines is 1. The van der Waals surface area contributed by atoms with E-state index in [2.05, 4.69) is 58.0 Å². The van der Waals surface area contributed by atoms with Crippen molar-refractivity contribution in [1.82, 2.24) is 9.88 Å². The van der Waals surface area contributed by atoms with Gasteiger partial charge in [0.25, 0.3) is 0 Å². The van der Waals surface area contributed by atoms with Crippen LogP contribution in [0.1, 0.15) is 85.2 Å². The van der Waals surface area contributed by atoms with Crippen LogP contribution in [0.25, 0.3) is 0 Å². The molecule has 1 aromatic carbocycles. The summed E-state index contributed by atoms with van der Waals surface area (Å²) in [6, 6.07) is 8.34. The number of aromatic nitrogens is 1. The lowest BCUT2D eigenvalue weighted by molar-refractivity contribution is 0.0963. The molecule has 0 bridgehead atoms. The van der Waals surface area contributed by atoms with E-state index in [-0.39, 0.29) is 17.7 Å². The monoisotopic (exact) mass is 524 g/mol. The van der Waals surface area contributed by atoms with Gasteiger partial charge in [-0.25, -0.2) is 4.98 Å². The molecule has 0 unspecified atom stereocenters. The molecular formula is C27H33BrN4O2. The number of pyridine rings is 1. The minimum absolute atomic E-state index is 0.0810. The number of benzene rings is 1. The number of ether oxygens (including phenoxy) is 1. The molecule has 34 heavy (non-hydrogen) atoms. The third kappa shape index (κ3) is 4.35. The maximum atomic E-state index is 13.7. The molecule has 1 aliphatic carbocycles. The highest BCUT2D eigenvalue weighted by Crippen LogP contribution is 2.42. The van der Waals surface area contributed by atoms with Gasteiger partial charge in [-0.2, -0.15) is 4.02 Å². The molecule has 7 heteroatoms. The lowest BCUT2D eigenvalue weighted by atomic mass is 9.84. The Morgan fingerprint density at radius 2 is 1.94 bits per heavy atom. The molecule has 1 aromatic heterocycles. The Bertz CT molecular complexity index is 1140. The van der Waals surface area contributed by atoms with E-state index in [9.17, 15) is 4.79 Å². The Kier molecular flexibility index (Phi) is 6.17. The van der Waals surface area contributed by atoms with E-state index in [1.165, 1.54) is 25.7 Å². The molecule has 2 fully saturated rings. The van der Waals surface area contributed by atoms with Crippen molar-refractivity contribution in [3.8, 4) is 5.75 Å². The first kappa shape index (κ1) is 23.3. The molecule has 0 atom stereocenters. The van der Waals surface area contributed by atoms with E-state index in [4.69, 9.17) is 9.72 Å². The summed E-state index contributed by atoms with van der Waals surface area (Å²) in [4.78, 5) is 22.9. The molecule has 0 N–H and O–H groups in total. The third-order valence-corrected chi connectivity index (χ3v) is 7.47. The van der Waals surface area contributed by atoms with E-state index < -0.39 is 0 Å². The fraction of sp³-hybridized carbons (Fsp3) is 0.519. The lowest BCUT2D eigenvalue weighted by Crippen LogP contribution is -2.31. The van der Waals surface area contributed by atoms with Crippen molar-refractivity contribution in [2.75, 3.05) is 31.6 Å². The first-order chi connectivity index (χ1) is 16.3. The molecule has 2 aromatic rings. The zero-order valence-corrected chi connectivity index (χ0v) is 22.1. The first-order valence-corrected chi connectivity index (χ1v) is 13.0. The normalized spacial score (nSPS) is 19.1. The fourth-order valence-electron chi connectivity index (χ4n) is 5.09. The van der Waals surface area contributed by atoms with Crippen molar-refractivity contribution in [2.45, 2.75) is 64.3 Å². The second-order valence-corrected chi connectivity index (χ2v) is 11.1. The fourth-order valence-corrected chi connectivity index (χ4v) is 5.48. The van der Waals surface area contributed by atoms with Crippen LogP contribution in [-0.4, -0.2) is 48.2 Å². The summed E-state index contributed by atoms with van der Waals surface area (Å²) in [5.74, 6) is 2.29. The summed E-state index contributed by atoms with van der Waals surface area (Å²) in [5.41, 5.74) is 5.84. The summed E-state index contributed by atoms with van der Waals surface area (Å²) in [6.07, 6.45) is 4.75. The summed E-state index contributed by atoms with van der Waals surface area (Å²) in [7, 11) is 1.73. The summed E-state index contributed by atoms with van der Waals surface area (Å²) >= 11 is 3.29. The predicted molar refractivity (Wildman–Crippen MR) is 140 cm³/mol. The van der Waals surface area contributed by atoms with Gasteiger partial charge < -0.3 is 14.5 Å². The van der Waals surface area contributed by atoms with Crippen molar-refractivity contribution in [3.63, 3.8) is 0 Å². The molecule has 1 saturated heterocycles. The maximum absolute atomic E-state index is 13.7. The highest BCUT2D eigenvalue weighted by molar-refractivity contribution is 9.08. The van der Waals surface area contributed by atoms with Gasteiger partial charge in [0.05, 0.1) is 35.5 Å². The quantitative estimate of drug-likeness (QED) is 0.459. The van der Waals surface area contributed by atoms with Gasteiger partial charge in [-0.1, -0.05) is 26.8 Å². The minimum atomic E-state index is -0.147. The van der Waals surface area contributed by atoms with Gasteiger partial charge >= 0.3 is 0 Å². The Morgan fingerprint density at radius 3 is 2.56 bits per heavy atom. The van der Waals surface area contributed by atoms with Gasteiger partial charge in [-0.3, -0.25) is 4.79 Å². The second kappa shape index (κ2) is 8.99. The number of fused-ring (bicyclic) bond motifs is 1. The van der Waals surface area contributed by atoms with Crippen LogP contribution in [0.15, 0.2) is 28.3 Å². The average molecular weight is 525 g/mol. The van der Waals surface area contributed by atoms with Crippen LogP contribution in [0, 0.1) is 0 Å². The van der Waals surface area contributed by atoms with E-state index >= 15 is 0 Å². The Labute approximate surface area is 210 Å². The van der Waals surface area contributed by atoms with Crippen molar-refractivity contribution in [1.29, 1.82) is 0 Å². The lowest BCUT2D eigenvalue weighted by Gasteiger charge is -2.29. The molecule has 2 aliphatic heterocycles. The van der Waals surface area contributed by atoms with Crippen molar-refractivity contribution < 1.29 is 9.53 Å². The smallest absolute Gasteiger partial charge is 0.182 e. The van der Waals surface area contributed by atoms with Gasteiger partial charge in [-0.15, -0.1) is 0 Å². The Morgan fingerprint density at radius 1 is 1.21 bits per heavy atom. The zero-order valence-electron chi connectivity index (χ0n) is 20.5. The Hall–Kier alpha value is -2.41. The van der Waals surface area contributed by atoms with E-state index in [1.807, 2.05) is 17.0 Å². The molecule has 3 aliphatic rings. The highest BCUT2D eigenvalue weighted by Gasteiger charge is 2.33. The average Bonchev–Trinajstić information content (AvgIpc) is 3.40. The molecule has 0 spiro atoms. The molecule has 180 valence electrons. The van der Waals surface area contributed by atoms with Crippen LogP contribution >= 0.6 is 16.1 Å². The predicted octanol–water partition coefficient (Wildman–Crippen LogP) is 5.62. The van der Waals surface area contributed by atoms with Gasteiger partial charge in [0.2, 0.25) is 0 Å². The first-order valence-electron chi connectivity index (χ1n) is 12.2. The molecule has 0 amide bonds. The molecule has 5 rings (SSSR count). The Balaban J connectivity index is 1.45. The number of Topliss-reactive ketones (excluding diaryl/α,β-unsaturated/α-hetero) is 1. The molecule has 3 heterocycles. The number of hydrogen-bond donors (Lipinski definition) is 0. The van der Waals surface area contributed by atoms with E-state index in [0.717, 1.165) is 58.4 Å². The number of carbonyl (C=O) groups is 1. The number of halogens is 1. The number of methoxy groups -OCH3 is 1. The number of carbonyl (C=O) groups excluding carboxylic acids is 1. The zero-order chi connectivity index (χ0) is 24.0. The van der Waals surface area contributed by atoms with Gasteiger partial charge in [0, 0.05) is 47.9 Å². The van der Waals surface area contributed by atoms with Crippen LogP contribution in [0.4, 0.5) is 5.69 Å². The third-order valence-electron chi connectivity index (χ3n) is 7.13. The minimum Gasteiger partial charge on any atom is -0.494 e. The summed E-state index contributed by atoms with van der Waals surface area (Å²) in [6.45, 7) is 9.40. The number of amidine groups is 1. The van der Waals surface area contributed by atoms with Crippen LogP contribution in [-0.2, 0) is 12.0 Å². The SMILES string of the molecule is COc1c(N2CCCC2)cc(C(=O)CN2Cc3ccc(C4CC4)nc3/C2=N/Br)cc1C(C)(C)C. The largest absolute Gasteiger partial charge is 0.494 e. The van der Waals surface area contributed by atoms with E-state index in [1.54, 1.807) is 7.11 Å². The van der Waals surface area contributed by atoms with Crippen molar-refractivity contribution in [3.05, 3.63) is 52.3 Å². The summed E-state index contributed by atoms with van der Waals surface area (Å²) < 4.78 is 10.3. The molecule has 1 saturated carbocycles.